The van der Waals surface area contributed by atoms with E-state index in [4.69, 9.17) is 5.73 Å². The first-order chi connectivity index (χ1) is 12.8. The number of rotatable bonds is 4. The number of piperidine rings is 1. The third kappa shape index (κ3) is 4.70. The molecule has 0 spiro atoms. The van der Waals surface area contributed by atoms with Gasteiger partial charge in [0.1, 0.15) is 0 Å². The second kappa shape index (κ2) is 8.01. The van der Waals surface area contributed by atoms with Gasteiger partial charge in [0.15, 0.2) is 0 Å². The van der Waals surface area contributed by atoms with Gasteiger partial charge in [-0.1, -0.05) is 45.0 Å². The van der Waals surface area contributed by atoms with Crippen molar-refractivity contribution in [2.24, 2.45) is 11.7 Å². The summed E-state index contributed by atoms with van der Waals surface area (Å²) in [7, 11) is 0. The number of benzene rings is 1. The zero-order valence-electron chi connectivity index (χ0n) is 16.9. The molecule has 0 aromatic heterocycles. The summed E-state index contributed by atoms with van der Waals surface area (Å²) in [4.78, 5) is 28.3. The number of likely N-dealkylation sites (tertiary alicyclic amines) is 2. The van der Waals surface area contributed by atoms with E-state index in [1.54, 1.807) is 0 Å². The average molecular weight is 372 g/mol. The Morgan fingerprint density at radius 2 is 1.67 bits per heavy atom. The molecule has 2 heterocycles. The smallest absolute Gasteiger partial charge is 0.236 e. The molecule has 0 radical (unpaired) electrons. The first kappa shape index (κ1) is 19.9. The van der Waals surface area contributed by atoms with Crippen LogP contribution in [0.15, 0.2) is 24.3 Å². The van der Waals surface area contributed by atoms with Crippen molar-refractivity contribution in [3.05, 3.63) is 35.4 Å². The second-order valence-electron chi connectivity index (χ2n) is 9.06. The summed E-state index contributed by atoms with van der Waals surface area (Å²) < 4.78 is 0. The fourth-order valence-electron chi connectivity index (χ4n) is 4.29. The minimum absolute atomic E-state index is 0.0742. The predicted octanol–water partition coefficient (Wildman–Crippen LogP) is 2.84. The van der Waals surface area contributed by atoms with Gasteiger partial charge in [0.05, 0.1) is 6.54 Å². The SMILES string of the molecule is CC(C)(C)c1ccc([C@H]2CCCN2CC(=O)N2CCC(C(N)=O)CC2)cc1. The van der Waals surface area contributed by atoms with Crippen molar-refractivity contribution < 1.29 is 9.59 Å². The monoisotopic (exact) mass is 371 g/mol. The van der Waals surface area contributed by atoms with Gasteiger partial charge in [-0.15, -0.1) is 0 Å². The van der Waals surface area contributed by atoms with E-state index in [2.05, 4.69) is 49.9 Å². The number of hydrogen-bond acceptors (Lipinski definition) is 3. The number of hydrogen-bond donors (Lipinski definition) is 1. The Balaban J connectivity index is 1.60. The lowest BCUT2D eigenvalue weighted by Crippen LogP contribution is -2.45. The third-order valence-electron chi connectivity index (χ3n) is 6.11. The van der Waals surface area contributed by atoms with Crippen LogP contribution in [-0.2, 0) is 15.0 Å². The van der Waals surface area contributed by atoms with Gasteiger partial charge in [-0.25, -0.2) is 0 Å². The van der Waals surface area contributed by atoms with Gasteiger partial charge in [0.2, 0.25) is 11.8 Å². The molecule has 2 aliphatic heterocycles. The van der Waals surface area contributed by atoms with Crippen molar-refractivity contribution in [3.8, 4) is 0 Å². The topological polar surface area (TPSA) is 66.6 Å². The maximum atomic E-state index is 12.8. The van der Waals surface area contributed by atoms with E-state index < -0.39 is 0 Å². The zero-order chi connectivity index (χ0) is 19.6. The normalized spacial score (nSPS) is 22.2. The van der Waals surface area contributed by atoms with Crippen LogP contribution in [0.1, 0.15) is 63.6 Å². The maximum absolute atomic E-state index is 12.8. The van der Waals surface area contributed by atoms with E-state index in [1.165, 1.54) is 11.1 Å². The second-order valence-corrected chi connectivity index (χ2v) is 9.06. The lowest BCUT2D eigenvalue weighted by atomic mass is 9.86. The summed E-state index contributed by atoms with van der Waals surface area (Å²) in [6.45, 7) is 9.40. The molecule has 1 atom stereocenters. The lowest BCUT2D eigenvalue weighted by Gasteiger charge is -2.33. The molecule has 0 unspecified atom stereocenters. The molecule has 5 heteroatoms. The van der Waals surface area contributed by atoms with Gasteiger partial charge < -0.3 is 10.6 Å². The standard InChI is InChI=1S/C22H33N3O2/c1-22(2,3)18-8-6-16(7-9-18)19-5-4-12-25(19)15-20(26)24-13-10-17(11-14-24)21(23)27/h6-9,17,19H,4-5,10-15H2,1-3H3,(H2,23,27)/t19-/m1/s1. The van der Waals surface area contributed by atoms with Crippen molar-refractivity contribution in [2.75, 3.05) is 26.2 Å². The highest BCUT2D eigenvalue weighted by atomic mass is 16.2. The maximum Gasteiger partial charge on any atom is 0.236 e. The zero-order valence-corrected chi connectivity index (χ0v) is 16.9. The Morgan fingerprint density at radius 3 is 2.22 bits per heavy atom. The summed E-state index contributed by atoms with van der Waals surface area (Å²) in [6, 6.07) is 9.23. The van der Waals surface area contributed by atoms with Gasteiger partial charge in [0.25, 0.3) is 0 Å². The quantitative estimate of drug-likeness (QED) is 0.885. The van der Waals surface area contributed by atoms with Crippen LogP contribution in [-0.4, -0.2) is 47.8 Å². The number of carbonyl (C=O) groups excluding carboxylic acids is 2. The van der Waals surface area contributed by atoms with Crippen LogP contribution < -0.4 is 5.73 Å². The summed E-state index contributed by atoms with van der Waals surface area (Å²) in [5.74, 6) is -0.133. The Kier molecular flexibility index (Phi) is 5.89. The molecule has 27 heavy (non-hydrogen) atoms. The highest BCUT2D eigenvalue weighted by Gasteiger charge is 2.31. The van der Waals surface area contributed by atoms with E-state index in [0.29, 0.717) is 38.5 Å². The van der Waals surface area contributed by atoms with Gasteiger partial charge in [-0.2, -0.15) is 0 Å². The number of carbonyl (C=O) groups is 2. The molecule has 0 aliphatic carbocycles. The molecule has 0 bridgehead atoms. The molecular weight excluding hydrogens is 338 g/mol. The predicted molar refractivity (Wildman–Crippen MR) is 107 cm³/mol. The van der Waals surface area contributed by atoms with Crippen LogP contribution in [0, 0.1) is 5.92 Å². The Hall–Kier alpha value is -1.88. The largest absolute Gasteiger partial charge is 0.369 e. The summed E-state index contributed by atoms with van der Waals surface area (Å²) in [5.41, 5.74) is 8.19. The molecule has 2 saturated heterocycles. The molecule has 2 aliphatic rings. The van der Waals surface area contributed by atoms with Crippen molar-refractivity contribution in [1.82, 2.24) is 9.80 Å². The van der Waals surface area contributed by atoms with E-state index in [1.807, 2.05) is 4.90 Å². The van der Waals surface area contributed by atoms with Gasteiger partial charge in [-0.05, 0) is 48.8 Å². The highest BCUT2D eigenvalue weighted by Crippen LogP contribution is 2.33. The van der Waals surface area contributed by atoms with Crippen molar-refractivity contribution in [3.63, 3.8) is 0 Å². The van der Waals surface area contributed by atoms with Gasteiger partial charge in [0, 0.05) is 25.0 Å². The number of amides is 2. The van der Waals surface area contributed by atoms with Crippen LogP contribution in [0.5, 0.6) is 0 Å². The first-order valence-corrected chi connectivity index (χ1v) is 10.2. The molecule has 2 fully saturated rings. The van der Waals surface area contributed by atoms with E-state index in [9.17, 15) is 9.59 Å². The lowest BCUT2D eigenvalue weighted by molar-refractivity contribution is -0.136. The molecule has 2 N–H and O–H groups in total. The molecule has 2 amide bonds. The molecule has 3 rings (SSSR count). The highest BCUT2D eigenvalue weighted by molar-refractivity contribution is 5.80. The van der Waals surface area contributed by atoms with E-state index in [-0.39, 0.29) is 23.1 Å². The number of nitrogens with two attached hydrogens (primary N) is 1. The summed E-state index contributed by atoms with van der Waals surface area (Å²) in [5, 5.41) is 0. The minimum Gasteiger partial charge on any atom is -0.369 e. The van der Waals surface area contributed by atoms with Crippen LogP contribution in [0.25, 0.3) is 0 Å². The number of primary amides is 1. The molecule has 0 saturated carbocycles. The summed E-state index contributed by atoms with van der Waals surface area (Å²) >= 11 is 0. The third-order valence-corrected chi connectivity index (χ3v) is 6.11. The van der Waals surface area contributed by atoms with E-state index >= 15 is 0 Å². The van der Waals surface area contributed by atoms with E-state index in [0.717, 1.165) is 19.4 Å². The van der Waals surface area contributed by atoms with Crippen LogP contribution in [0.2, 0.25) is 0 Å². The van der Waals surface area contributed by atoms with Gasteiger partial charge in [-0.3, -0.25) is 14.5 Å². The fraction of sp³-hybridized carbons (Fsp3) is 0.636. The molecule has 148 valence electrons. The Bertz CT molecular complexity index is 670. The van der Waals surface area contributed by atoms with Crippen molar-refractivity contribution in [2.45, 2.75) is 57.9 Å². The molecule has 1 aromatic rings. The van der Waals surface area contributed by atoms with Crippen molar-refractivity contribution in [1.29, 1.82) is 0 Å². The Morgan fingerprint density at radius 1 is 1.04 bits per heavy atom. The van der Waals surface area contributed by atoms with Crippen LogP contribution in [0.3, 0.4) is 0 Å². The van der Waals surface area contributed by atoms with Gasteiger partial charge >= 0.3 is 0 Å². The Labute approximate surface area is 162 Å². The molecule has 5 nitrogen and oxygen atoms in total. The minimum atomic E-state index is -0.236. The molecule has 1 aromatic carbocycles. The molecular formula is C22H33N3O2. The fourth-order valence-corrected chi connectivity index (χ4v) is 4.29. The number of nitrogens with zero attached hydrogens (tertiary/aromatic N) is 2. The van der Waals surface area contributed by atoms with Crippen LogP contribution >= 0.6 is 0 Å². The van der Waals surface area contributed by atoms with Crippen LogP contribution in [0.4, 0.5) is 0 Å². The van der Waals surface area contributed by atoms with Crippen molar-refractivity contribution >= 4 is 11.8 Å². The summed E-state index contributed by atoms with van der Waals surface area (Å²) in [6.07, 6.45) is 3.62. The average Bonchev–Trinajstić information content (AvgIpc) is 3.09. The first-order valence-electron chi connectivity index (χ1n) is 10.2.